The zero-order valence-electron chi connectivity index (χ0n) is 13.2. The summed E-state index contributed by atoms with van der Waals surface area (Å²) >= 11 is 0. The van der Waals surface area contributed by atoms with Crippen LogP contribution in [-0.2, 0) is 4.74 Å². The van der Waals surface area contributed by atoms with Crippen LogP contribution in [0.15, 0.2) is 0 Å². The Morgan fingerprint density at radius 3 is 2.63 bits per heavy atom. The normalized spacial score (nSPS) is 22.8. The summed E-state index contributed by atoms with van der Waals surface area (Å²) in [5.41, 5.74) is -0.414. The van der Waals surface area contributed by atoms with E-state index in [0.29, 0.717) is 12.1 Å². The second-order valence-corrected chi connectivity index (χ2v) is 6.60. The van der Waals surface area contributed by atoms with Crippen LogP contribution in [0.4, 0.5) is 4.79 Å². The number of nitrogens with zero attached hydrogens (tertiary/aromatic N) is 1. The minimum atomic E-state index is -0.414. The van der Waals surface area contributed by atoms with E-state index < -0.39 is 5.60 Å². The Morgan fingerprint density at radius 1 is 1.37 bits per heavy atom. The van der Waals surface area contributed by atoms with Gasteiger partial charge in [-0.1, -0.05) is 12.8 Å². The molecule has 0 bridgehead atoms. The molecule has 1 aliphatic rings. The highest BCUT2D eigenvalue weighted by atomic mass is 16.6. The molecule has 0 aromatic rings. The SMILES string of the molecule is CNC(C)CC1CCCCCN1C(=O)OC(C)(C)C. The van der Waals surface area contributed by atoms with Crippen LogP contribution in [0, 0.1) is 0 Å². The third-order valence-corrected chi connectivity index (χ3v) is 3.62. The van der Waals surface area contributed by atoms with Gasteiger partial charge in [0.05, 0.1) is 0 Å². The molecule has 4 heteroatoms. The summed E-state index contributed by atoms with van der Waals surface area (Å²) in [7, 11) is 1.97. The fourth-order valence-electron chi connectivity index (χ4n) is 2.51. The van der Waals surface area contributed by atoms with Gasteiger partial charge in [-0.05, 0) is 54.0 Å². The molecule has 19 heavy (non-hydrogen) atoms. The lowest BCUT2D eigenvalue weighted by atomic mass is 10.0. The van der Waals surface area contributed by atoms with Crippen molar-refractivity contribution in [3.05, 3.63) is 0 Å². The zero-order valence-corrected chi connectivity index (χ0v) is 13.2. The summed E-state index contributed by atoms with van der Waals surface area (Å²) in [4.78, 5) is 14.3. The maximum Gasteiger partial charge on any atom is 0.410 e. The first-order valence-electron chi connectivity index (χ1n) is 7.50. The van der Waals surface area contributed by atoms with Gasteiger partial charge >= 0.3 is 6.09 Å². The third-order valence-electron chi connectivity index (χ3n) is 3.62. The van der Waals surface area contributed by atoms with E-state index in [1.807, 2.05) is 32.7 Å². The minimum Gasteiger partial charge on any atom is -0.444 e. The molecule has 1 saturated heterocycles. The summed E-state index contributed by atoms with van der Waals surface area (Å²) in [6.45, 7) is 8.77. The minimum absolute atomic E-state index is 0.150. The van der Waals surface area contributed by atoms with Crippen LogP contribution in [-0.4, -0.2) is 42.3 Å². The fourth-order valence-corrected chi connectivity index (χ4v) is 2.51. The van der Waals surface area contributed by atoms with E-state index in [1.165, 1.54) is 12.8 Å². The number of hydrogen-bond donors (Lipinski definition) is 1. The van der Waals surface area contributed by atoms with Crippen LogP contribution in [0.5, 0.6) is 0 Å². The van der Waals surface area contributed by atoms with Crippen molar-refractivity contribution in [1.82, 2.24) is 10.2 Å². The molecule has 1 rings (SSSR count). The third kappa shape index (κ3) is 5.81. The Kier molecular flexibility index (Phi) is 6.11. The molecule has 1 amide bonds. The molecule has 4 nitrogen and oxygen atoms in total. The average Bonchev–Trinajstić information content (AvgIpc) is 2.52. The molecule has 2 atom stereocenters. The van der Waals surface area contributed by atoms with E-state index in [4.69, 9.17) is 4.74 Å². The molecule has 0 aromatic heterocycles. The van der Waals surface area contributed by atoms with Crippen molar-refractivity contribution in [2.75, 3.05) is 13.6 Å². The molecule has 0 aromatic carbocycles. The summed E-state index contributed by atoms with van der Waals surface area (Å²) < 4.78 is 5.54. The fraction of sp³-hybridized carbons (Fsp3) is 0.933. The van der Waals surface area contributed by atoms with E-state index in [-0.39, 0.29) is 6.09 Å². The highest BCUT2D eigenvalue weighted by Gasteiger charge is 2.29. The number of ether oxygens (including phenoxy) is 1. The van der Waals surface area contributed by atoms with Gasteiger partial charge in [0.15, 0.2) is 0 Å². The second kappa shape index (κ2) is 7.13. The van der Waals surface area contributed by atoms with Crippen molar-refractivity contribution in [2.45, 2.75) is 77.5 Å². The topological polar surface area (TPSA) is 41.6 Å². The first kappa shape index (κ1) is 16.3. The molecule has 0 radical (unpaired) electrons. The number of carbonyl (C=O) groups excluding carboxylic acids is 1. The summed E-state index contributed by atoms with van der Waals surface area (Å²) in [6.07, 6.45) is 5.44. The monoisotopic (exact) mass is 270 g/mol. The van der Waals surface area contributed by atoms with Crippen LogP contribution in [0.25, 0.3) is 0 Å². The molecule has 1 heterocycles. The first-order chi connectivity index (χ1) is 8.83. The molecule has 0 saturated carbocycles. The Labute approximate surface area is 117 Å². The quantitative estimate of drug-likeness (QED) is 0.856. The lowest BCUT2D eigenvalue weighted by Gasteiger charge is -2.33. The van der Waals surface area contributed by atoms with E-state index in [2.05, 4.69) is 12.2 Å². The largest absolute Gasteiger partial charge is 0.444 e. The highest BCUT2D eigenvalue weighted by Crippen LogP contribution is 2.23. The van der Waals surface area contributed by atoms with Crippen LogP contribution >= 0.6 is 0 Å². The molecule has 112 valence electrons. The molecule has 1 N–H and O–H groups in total. The molecule has 1 aliphatic heterocycles. The molecular formula is C15H30N2O2. The van der Waals surface area contributed by atoms with Crippen LogP contribution < -0.4 is 5.32 Å². The number of hydrogen-bond acceptors (Lipinski definition) is 3. The Morgan fingerprint density at radius 2 is 2.05 bits per heavy atom. The van der Waals surface area contributed by atoms with Gasteiger partial charge in [0, 0.05) is 18.6 Å². The lowest BCUT2D eigenvalue weighted by Crippen LogP contribution is -2.45. The summed E-state index contributed by atoms with van der Waals surface area (Å²) in [5.74, 6) is 0. The Bertz CT molecular complexity index is 286. The number of amides is 1. The number of likely N-dealkylation sites (tertiary alicyclic amines) is 1. The van der Waals surface area contributed by atoms with E-state index >= 15 is 0 Å². The number of nitrogens with one attached hydrogen (secondary N) is 1. The van der Waals surface area contributed by atoms with Crippen LogP contribution in [0.1, 0.15) is 59.8 Å². The second-order valence-electron chi connectivity index (χ2n) is 6.60. The Hall–Kier alpha value is -0.770. The summed E-state index contributed by atoms with van der Waals surface area (Å²) in [6, 6.07) is 0.729. The van der Waals surface area contributed by atoms with Crippen molar-refractivity contribution in [3.8, 4) is 0 Å². The molecule has 2 unspecified atom stereocenters. The Balaban J connectivity index is 2.70. The first-order valence-corrected chi connectivity index (χ1v) is 7.50. The van der Waals surface area contributed by atoms with Crippen LogP contribution in [0.2, 0.25) is 0 Å². The molecule has 0 aliphatic carbocycles. The van der Waals surface area contributed by atoms with Crippen molar-refractivity contribution in [3.63, 3.8) is 0 Å². The van der Waals surface area contributed by atoms with Gasteiger partial charge < -0.3 is 15.0 Å². The average molecular weight is 270 g/mol. The van der Waals surface area contributed by atoms with Crippen molar-refractivity contribution >= 4 is 6.09 Å². The molecule has 1 fully saturated rings. The van der Waals surface area contributed by atoms with Gasteiger partial charge in [0.1, 0.15) is 5.60 Å². The number of rotatable bonds is 3. The smallest absolute Gasteiger partial charge is 0.410 e. The van der Waals surface area contributed by atoms with Gasteiger partial charge in [0.25, 0.3) is 0 Å². The van der Waals surface area contributed by atoms with Gasteiger partial charge in [-0.15, -0.1) is 0 Å². The highest BCUT2D eigenvalue weighted by molar-refractivity contribution is 5.68. The van der Waals surface area contributed by atoms with Gasteiger partial charge in [-0.2, -0.15) is 0 Å². The summed E-state index contributed by atoms with van der Waals surface area (Å²) in [5, 5.41) is 3.26. The molecular weight excluding hydrogens is 240 g/mol. The van der Waals surface area contributed by atoms with Crippen molar-refractivity contribution in [1.29, 1.82) is 0 Å². The van der Waals surface area contributed by atoms with E-state index in [0.717, 1.165) is 25.8 Å². The maximum atomic E-state index is 12.3. The maximum absolute atomic E-state index is 12.3. The number of carbonyl (C=O) groups is 1. The lowest BCUT2D eigenvalue weighted by molar-refractivity contribution is 0.0151. The van der Waals surface area contributed by atoms with Gasteiger partial charge in [0.2, 0.25) is 0 Å². The van der Waals surface area contributed by atoms with Gasteiger partial charge in [-0.3, -0.25) is 0 Å². The van der Waals surface area contributed by atoms with Gasteiger partial charge in [-0.25, -0.2) is 4.79 Å². The van der Waals surface area contributed by atoms with Crippen LogP contribution in [0.3, 0.4) is 0 Å². The predicted molar refractivity (Wildman–Crippen MR) is 78.3 cm³/mol. The molecule has 0 spiro atoms. The zero-order chi connectivity index (χ0) is 14.5. The van der Waals surface area contributed by atoms with E-state index in [9.17, 15) is 4.79 Å². The van der Waals surface area contributed by atoms with E-state index in [1.54, 1.807) is 0 Å². The van der Waals surface area contributed by atoms with Crippen molar-refractivity contribution < 1.29 is 9.53 Å². The standard InChI is InChI=1S/C15H30N2O2/c1-12(16-5)11-13-9-7-6-8-10-17(13)14(18)19-15(2,3)4/h12-13,16H,6-11H2,1-5H3. The predicted octanol–water partition coefficient (Wildman–Crippen LogP) is 3.16. The van der Waals surface area contributed by atoms with Crippen molar-refractivity contribution in [2.24, 2.45) is 0 Å².